The molecule has 0 aliphatic rings. The molecule has 1 aromatic rings. The normalized spacial score (nSPS) is 9.90. The van der Waals surface area contributed by atoms with Crippen molar-refractivity contribution in [3.05, 3.63) is 28.5 Å². The quantitative estimate of drug-likeness (QED) is 0.618. The zero-order valence-electron chi connectivity index (χ0n) is 5.36. The van der Waals surface area contributed by atoms with E-state index in [2.05, 4.69) is 0 Å². The highest BCUT2D eigenvalue weighted by molar-refractivity contribution is 6.30. The molecule has 0 bridgehead atoms. The fraction of sp³-hybridized carbons (Fsp3) is 0.143. The van der Waals surface area contributed by atoms with Crippen LogP contribution in [0.2, 0.25) is 5.02 Å². The first kappa shape index (κ1) is 7.35. The Morgan fingerprint density at radius 2 is 2.10 bits per heavy atom. The average Bonchev–Trinajstić information content (AvgIpc) is 1.82. The van der Waals surface area contributed by atoms with Crippen molar-refractivity contribution in [3.63, 3.8) is 0 Å². The van der Waals surface area contributed by atoms with Crippen LogP contribution in [-0.4, -0.2) is 5.11 Å². The van der Waals surface area contributed by atoms with Crippen LogP contribution >= 0.6 is 11.6 Å². The van der Waals surface area contributed by atoms with E-state index in [1.54, 1.807) is 6.92 Å². The number of phenolic OH excluding ortho intramolecular Hbond substituents is 1. The summed E-state index contributed by atoms with van der Waals surface area (Å²) >= 11 is 5.50. The molecule has 1 N–H and O–H groups in total. The predicted octanol–water partition coefficient (Wildman–Crippen LogP) is 2.49. The number of phenols is 1. The SMILES string of the molecule is Cc1cc(Cl)cc(O)c1F. The van der Waals surface area contributed by atoms with Crippen LogP contribution in [0.1, 0.15) is 5.56 Å². The molecule has 1 nitrogen and oxygen atoms in total. The summed E-state index contributed by atoms with van der Waals surface area (Å²) in [6, 6.07) is 2.63. The fourth-order valence-corrected chi connectivity index (χ4v) is 0.975. The largest absolute Gasteiger partial charge is 0.505 e. The molecule has 54 valence electrons. The first-order valence-corrected chi connectivity index (χ1v) is 3.13. The molecule has 0 atom stereocenters. The van der Waals surface area contributed by atoms with Gasteiger partial charge in [0.15, 0.2) is 11.6 Å². The van der Waals surface area contributed by atoms with Gasteiger partial charge in [-0.15, -0.1) is 0 Å². The van der Waals surface area contributed by atoms with Crippen LogP contribution in [0, 0.1) is 12.7 Å². The van der Waals surface area contributed by atoms with Crippen molar-refractivity contribution < 1.29 is 9.50 Å². The molecule has 1 rings (SSSR count). The number of benzene rings is 1. The summed E-state index contributed by atoms with van der Waals surface area (Å²) in [5.41, 5.74) is 0.352. The Kier molecular flexibility index (Phi) is 1.81. The highest BCUT2D eigenvalue weighted by atomic mass is 35.5. The Bertz CT molecular complexity index is 237. The van der Waals surface area contributed by atoms with E-state index in [0.717, 1.165) is 0 Å². The van der Waals surface area contributed by atoms with Crippen LogP contribution in [0.3, 0.4) is 0 Å². The smallest absolute Gasteiger partial charge is 0.167 e. The van der Waals surface area contributed by atoms with Crippen molar-refractivity contribution in [3.8, 4) is 5.75 Å². The topological polar surface area (TPSA) is 20.2 Å². The van der Waals surface area contributed by atoms with E-state index >= 15 is 0 Å². The van der Waals surface area contributed by atoms with Crippen LogP contribution in [-0.2, 0) is 0 Å². The number of halogens is 2. The number of hydrogen-bond donors (Lipinski definition) is 1. The predicted molar refractivity (Wildman–Crippen MR) is 37.8 cm³/mol. The molecule has 0 radical (unpaired) electrons. The van der Waals surface area contributed by atoms with Gasteiger partial charge in [0.1, 0.15) is 0 Å². The zero-order valence-corrected chi connectivity index (χ0v) is 6.11. The van der Waals surface area contributed by atoms with Gasteiger partial charge < -0.3 is 5.11 Å². The maximum atomic E-state index is 12.6. The summed E-state index contributed by atoms with van der Waals surface area (Å²) in [5, 5.41) is 9.17. The number of aryl methyl sites for hydroxylation is 1. The first-order chi connectivity index (χ1) is 4.61. The lowest BCUT2D eigenvalue weighted by molar-refractivity contribution is 0.430. The Morgan fingerprint density at radius 1 is 1.50 bits per heavy atom. The summed E-state index contributed by atoms with van der Waals surface area (Å²) in [5.74, 6) is -1.01. The molecule has 0 aliphatic heterocycles. The Morgan fingerprint density at radius 3 is 2.60 bits per heavy atom. The van der Waals surface area contributed by atoms with Gasteiger partial charge >= 0.3 is 0 Å². The molecule has 0 heterocycles. The lowest BCUT2D eigenvalue weighted by atomic mass is 10.2. The molecule has 0 aliphatic carbocycles. The Hall–Kier alpha value is -0.760. The van der Waals surface area contributed by atoms with Crippen molar-refractivity contribution in [1.82, 2.24) is 0 Å². The minimum Gasteiger partial charge on any atom is -0.505 e. The average molecular weight is 161 g/mol. The third-order valence-electron chi connectivity index (χ3n) is 1.20. The van der Waals surface area contributed by atoms with Gasteiger partial charge in [-0.2, -0.15) is 0 Å². The van der Waals surface area contributed by atoms with Crippen molar-refractivity contribution in [2.45, 2.75) is 6.92 Å². The molecule has 0 amide bonds. The summed E-state index contributed by atoms with van der Waals surface area (Å²) < 4.78 is 12.6. The summed E-state index contributed by atoms with van der Waals surface area (Å²) in [7, 11) is 0. The maximum Gasteiger partial charge on any atom is 0.167 e. The van der Waals surface area contributed by atoms with Crippen molar-refractivity contribution >= 4 is 11.6 Å². The van der Waals surface area contributed by atoms with Crippen molar-refractivity contribution in [1.29, 1.82) is 0 Å². The van der Waals surface area contributed by atoms with Gasteiger partial charge in [-0.05, 0) is 18.6 Å². The standard InChI is InChI=1S/C7H6ClFO/c1-4-2-5(8)3-6(10)7(4)9/h2-3,10H,1H3. The van der Waals surface area contributed by atoms with Gasteiger partial charge in [0.25, 0.3) is 0 Å². The van der Waals surface area contributed by atoms with Gasteiger partial charge in [0.05, 0.1) is 0 Å². The molecular formula is C7H6ClFO. The summed E-state index contributed by atoms with van der Waals surface area (Å²) in [6.45, 7) is 1.54. The minimum absolute atomic E-state index is 0.344. The third-order valence-corrected chi connectivity index (χ3v) is 1.42. The molecule has 0 aromatic heterocycles. The lowest BCUT2D eigenvalue weighted by Gasteiger charge is -1.98. The van der Waals surface area contributed by atoms with Crippen molar-refractivity contribution in [2.75, 3.05) is 0 Å². The number of hydrogen-bond acceptors (Lipinski definition) is 1. The monoisotopic (exact) mass is 160 g/mol. The Balaban J connectivity index is 3.31. The molecule has 0 fully saturated rings. The molecule has 3 heteroatoms. The second-order valence-electron chi connectivity index (χ2n) is 2.06. The van der Waals surface area contributed by atoms with E-state index in [0.29, 0.717) is 10.6 Å². The van der Waals surface area contributed by atoms with Gasteiger partial charge in [0, 0.05) is 11.1 Å². The highest BCUT2D eigenvalue weighted by Gasteiger charge is 2.03. The van der Waals surface area contributed by atoms with E-state index in [-0.39, 0.29) is 0 Å². The summed E-state index contributed by atoms with van der Waals surface area (Å²) in [6.07, 6.45) is 0. The molecular weight excluding hydrogens is 155 g/mol. The number of rotatable bonds is 0. The lowest BCUT2D eigenvalue weighted by Crippen LogP contribution is -1.81. The molecule has 0 saturated carbocycles. The second kappa shape index (κ2) is 2.46. The van der Waals surface area contributed by atoms with Gasteiger partial charge in [0.2, 0.25) is 0 Å². The molecule has 10 heavy (non-hydrogen) atoms. The third kappa shape index (κ3) is 1.21. The fourth-order valence-electron chi connectivity index (χ4n) is 0.708. The Labute approximate surface area is 63.1 Å². The molecule has 0 spiro atoms. The van der Waals surface area contributed by atoms with Crippen molar-refractivity contribution in [2.24, 2.45) is 0 Å². The van der Waals surface area contributed by atoms with Crippen LogP contribution in [0.4, 0.5) is 4.39 Å². The van der Waals surface area contributed by atoms with E-state index < -0.39 is 11.6 Å². The van der Waals surface area contributed by atoms with Crippen LogP contribution in [0.25, 0.3) is 0 Å². The van der Waals surface area contributed by atoms with Crippen LogP contribution in [0.5, 0.6) is 5.75 Å². The first-order valence-electron chi connectivity index (χ1n) is 2.76. The van der Waals surface area contributed by atoms with Crippen LogP contribution in [0.15, 0.2) is 12.1 Å². The molecule has 0 saturated heterocycles. The van der Waals surface area contributed by atoms with Crippen LogP contribution < -0.4 is 0 Å². The zero-order chi connectivity index (χ0) is 7.72. The highest BCUT2D eigenvalue weighted by Crippen LogP contribution is 2.23. The maximum absolute atomic E-state index is 12.6. The number of aromatic hydroxyl groups is 1. The van der Waals surface area contributed by atoms with E-state index in [4.69, 9.17) is 16.7 Å². The van der Waals surface area contributed by atoms with Gasteiger partial charge in [-0.25, -0.2) is 4.39 Å². The van der Waals surface area contributed by atoms with E-state index in [1.165, 1.54) is 12.1 Å². The molecule has 0 unspecified atom stereocenters. The molecule has 1 aromatic carbocycles. The van der Waals surface area contributed by atoms with E-state index in [1.807, 2.05) is 0 Å². The summed E-state index contributed by atoms with van der Waals surface area (Å²) in [4.78, 5) is 0. The minimum atomic E-state index is -0.607. The van der Waals surface area contributed by atoms with Gasteiger partial charge in [-0.1, -0.05) is 11.6 Å². The van der Waals surface area contributed by atoms with E-state index in [9.17, 15) is 4.39 Å². The van der Waals surface area contributed by atoms with Gasteiger partial charge in [-0.3, -0.25) is 0 Å². The second-order valence-corrected chi connectivity index (χ2v) is 2.49.